The van der Waals surface area contributed by atoms with Crippen LogP contribution in [0.4, 0.5) is 11.4 Å². The first-order valence-corrected chi connectivity index (χ1v) is 8.53. The fourth-order valence-corrected chi connectivity index (χ4v) is 2.18. The lowest BCUT2D eigenvalue weighted by Crippen LogP contribution is -2.28. The van der Waals surface area contributed by atoms with Crippen LogP contribution in [0.25, 0.3) is 0 Å². The van der Waals surface area contributed by atoms with Crippen molar-refractivity contribution >= 4 is 41.1 Å². The molecule has 2 N–H and O–H groups in total. The summed E-state index contributed by atoms with van der Waals surface area (Å²) in [5.74, 6) is 0. The van der Waals surface area contributed by atoms with Gasteiger partial charge in [0.25, 0.3) is 0 Å². The Morgan fingerprint density at radius 2 is 1.08 bits per heavy atom. The summed E-state index contributed by atoms with van der Waals surface area (Å²) in [6.45, 7) is 0. The highest BCUT2D eigenvalue weighted by Gasteiger charge is 1.95. The number of rotatable bonds is 6. The van der Waals surface area contributed by atoms with Crippen LogP contribution in [-0.2, 0) is 0 Å². The summed E-state index contributed by atoms with van der Waals surface area (Å²) in [6, 6.07) is 16.1. The van der Waals surface area contributed by atoms with E-state index >= 15 is 0 Å². The first-order valence-electron chi connectivity index (χ1n) is 8.12. The van der Waals surface area contributed by atoms with Gasteiger partial charge in [-0.1, -0.05) is 24.3 Å². The number of hydrogen-bond acceptors (Lipinski definition) is 5. The molecule has 2 aromatic carbocycles. The molecular formula is C19H24N6S. The number of benzene rings is 2. The number of thiocarbonyl (C=S) groups is 1. The highest BCUT2D eigenvalue weighted by Crippen LogP contribution is 2.11. The second kappa shape index (κ2) is 9.53. The molecule has 2 rings (SSSR count). The molecular weight excluding hydrogens is 344 g/mol. The highest BCUT2D eigenvalue weighted by molar-refractivity contribution is 7.80. The lowest BCUT2D eigenvalue weighted by molar-refractivity contribution is 0.934. The standard InChI is InChI=1S/C19H24N6S/c1-24(2)17-9-5-15(6-10-17)13-20-22-19(26)23-21-14-16-7-11-18(12-8-16)25(3)4/h5-14H,1-4H3,(H2,22,23,26)/b20-13-,21-14?. The van der Waals surface area contributed by atoms with Gasteiger partial charge >= 0.3 is 0 Å². The molecule has 0 amide bonds. The maximum Gasteiger partial charge on any atom is 0.207 e. The zero-order valence-corrected chi connectivity index (χ0v) is 16.3. The van der Waals surface area contributed by atoms with Gasteiger partial charge in [-0.15, -0.1) is 0 Å². The van der Waals surface area contributed by atoms with Crippen molar-refractivity contribution in [3.05, 3.63) is 59.7 Å². The van der Waals surface area contributed by atoms with Crippen molar-refractivity contribution in [2.45, 2.75) is 0 Å². The van der Waals surface area contributed by atoms with E-state index < -0.39 is 0 Å². The molecule has 0 aliphatic carbocycles. The zero-order chi connectivity index (χ0) is 18.9. The van der Waals surface area contributed by atoms with E-state index in [-0.39, 0.29) is 0 Å². The maximum absolute atomic E-state index is 5.13. The van der Waals surface area contributed by atoms with E-state index in [1.54, 1.807) is 12.4 Å². The van der Waals surface area contributed by atoms with E-state index in [1.165, 1.54) is 0 Å². The van der Waals surface area contributed by atoms with Gasteiger partial charge in [0, 0.05) is 39.6 Å². The van der Waals surface area contributed by atoms with Crippen LogP contribution in [-0.4, -0.2) is 45.7 Å². The minimum absolute atomic E-state index is 0.326. The molecule has 0 heterocycles. The molecule has 6 nitrogen and oxygen atoms in total. The van der Waals surface area contributed by atoms with Crippen LogP contribution in [0.15, 0.2) is 58.7 Å². The Morgan fingerprint density at radius 1 is 0.731 bits per heavy atom. The van der Waals surface area contributed by atoms with Gasteiger partial charge in [0.15, 0.2) is 0 Å². The molecule has 0 bridgehead atoms. The second-order valence-electron chi connectivity index (χ2n) is 6.04. The van der Waals surface area contributed by atoms with Gasteiger partial charge in [-0.25, -0.2) is 0 Å². The van der Waals surface area contributed by atoms with Crippen molar-refractivity contribution in [1.82, 2.24) is 10.9 Å². The van der Waals surface area contributed by atoms with Crippen LogP contribution in [0.3, 0.4) is 0 Å². The van der Waals surface area contributed by atoms with Crippen LogP contribution in [0.1, 0.15) is 11.1 Å². The third-order valence-corrected chi connectivity index (χ3v) is 3.76. The van der Waals surface area contributed by atoms with Crippen molar-refractivity contribution in [3.63, 3.8) is 0 Å². The van der Waals surface area contributed by atoms with Crippen molar-refractivity contribution in [3.8, 4) is 0 Å². The van der Waals surface area contributed by atoms with Crippen molar-refractivity contribution in [1.29, 1.82) is 0 Å². The summed E-state index contributed by atoms with van der Waals surface area (Å²) < 4.78 is 0. The average Bonchev–Trinajstić information content (AvgIpc) is 2.62. The van der Waals surface area contributed by atoms with Crippen LogP contribution in [0.5, 0.6) is 0 Å². The van der Waals surface area contributed by atoms with Crippen LogP contribution >= 0.6 is 12.2 Å². The Hall–Kier alpha value is -2.93. The van der Waals surface area contributed by atoms with Gasteiger partial charge in [0.1, 0.15) is 0 Å². The molecule has 0 aliphatic heterocycles. The average molecular weight is 369 g/mol. The molecule has 0 aliphatic rings. The summed E-state index contributed by atoms with van der Waals surface area (Å²) in [7, 11) is 8.02. The molecule has 2 aromatic rings. The first kappa shape index (κ1) is 19.4. The van der Waals surface area contributed by atoms with E-state index in [2.05, 4.69) is 21.1 Å². The maximum atomic E-state index is 5.13. The minimum Gasteiger partial charge on any atom is -0.378 e. The SMILES string of the molecule is CN(C)c1ccc(C=NNC(=S)N/N=C\c2ccc(N(C)C)cc2)cc1. The van der Waals surface area contributed by atoms with E-state index in [0.717, 1.165) is 22.5 Å². The number of hydrazone groups is 2. The van der Waals surface area contributed by atoms with Crippen LogP contribution < -0.4 is 20.7 Å². The minimum atomic E-state index is 0.326. The lowest BCUT2D eigenvalue weighted by Gasteiger charge is -2.11. The summed E-state index contributed by atoms with van der Waals surface area (Å²) >= 11 is 5.13. The summed E-state index contributed by atoms with van der Waals surface area (Å²) in [4.78, 5) is 4.09. The fourth-order valence-electron chi connectivity index (χ4n) is 2.07. The quantitative estimate of drug-likeness (QED) is 0.466. The Bertz CT molecular complexity index is 698. The molecule has 0 atom stereocenters. The van der Waals surface area contributed by atoms with E-state index in [9.17, 15) is 0 Å². The Kier molecular flexibility index (Phi) is 7.11. The molecule has 0 saturated heterocycles. The number of nitrogens with zero attached hydrogens (tertiary/aromatic N) is 4. The fraction of sp³-hybridized carbons (Fsp3) is 0.211. The van der Waals surface area contributed by atoms with E-state index in [1.807, 2.05) is 86.5 Å². The molecule has 7 heteroatoms. The first-order chi connectivity index (χ1) is 12.5. The Morgan fingerprint density at radius 3 is 1.38 bits per heavy atom. The lowest BCUT2D eigenvalue weighted by atomic mass is 10.2. The van der Waals surface area contributed by atoms with Gasteiger partial charge in [-0.2, -0.15) is 10.2 Å². The largest absolute Gasteiger partial charge is 0.378 e. The smallest absolute Gasteiger partial charge is 0.207 e. The summed E-state index contributed by atoms with van der Waals surface area (Å²) in [5, 5.41) is 8.53. The van der Waals surface area contributed by atoms with Gasteiger partial charge in [0.2, 0.25) is 5.11 Å². The van der Waals surface area contributed by atoms with Crippen molar-refractivity contribution in [2.75, 3.05) is 38.0 Å². The van der Waals surface area contributed by atoms with Crippen LogP contribution in [0.2, 0.25) is 0 Å². The monoisotopic (exact) mass is 368 g/mol. The van der Waals surface area contributed by atoms with E-state index in [4.69, 9.17) is 12.2 Å². The van der Waals surface area contributed by atoms with Gasteiger partial charge in [-0.3, -0.25) is 10.9 Å². The Balaban J connectivity index is 1.79. The molecule has 0 saturated carbocycles. The molecule has 26 heavy (non-hydrogen) atoms. The third kappa shape index (κ3) is 6.18. The van der Waals surface area contributed by atoms with Gasteiger partial charge in [0.05, 0.1) is 12.4 Å². The highest BCUT2D eigenvalue weighted by atomic mass is 32.1. The summed E-state index contributed by atoms with van der Waals surface area (Å²) in [5.41, 5.74) is 9.72. The third-order valence-electron chi connectivity index (χ3n) is 3.58. The van der Waals surface area contributed by atoms with Crippen LogP contribution in [0, 0.1) is 0 Å². The predicted octanol–water partition coefficient (Wildman–Crippen LogP) is 2.65. The number of anilines is 2. The molecule has 0 fully saturated rings. The van der Waals surface area contributed by atoms with Crippen molar-refractivity contribution < 1.29 is 0 Å². The van der Waals surface area contributed by atoms with E-state index in [0.29, 0.717) is 5.11 Å². The Labute approximate surface area is 160 Å². The normalized spacial score (nSPS) is 10.9. The number of nitrogens with one attached hydrogen (secondary N) is 2. The van der Waals surface area contributed by atoms with Gasteiger partial charge < -0.3 is 9.80 Å². The zero-order valence-electron chi connectivity index (χ0n) is 15.5. The second-order valence-corrected chi connectivity index (χ2v) is 6.45. The number of hydrogen-bond donors (Lipinski definition) is 2. The predicted molar refractivity (Wildman–Crippen MR) is 116 cm³/mol. The van der Waals surface area contributed by atoms with Crippen molar-refractivity contribution in [2.24, 2.45) is 10.2 Å². The molecule has 0 spiro atoms. The molecule has 0 aromatic heterocycles. The topological polar surface area (TPSA) is 55.3 Å². The van der Waals surface area contributed by atoms with Gasteiger partial charge in [-0.05, 0) is 47.6 Å². The molecule has 0 unspecified atom stereocenters. The molecule has 0 radical (unpaired) electrons. The summed E-state index contributed by atoms with van der Waals surface area (Å²) in [6.07, 6.45) is 3.41. The molecule has 136 valence electrons.